The summed E-state index contributed by atoms with van der Waals surface area (Å²) >= 11 is 0. The minimum Gasteiger partial charge on any atom is -0.491 e. The molecule has 0 unspecified atom stereocenters. The quantitative estimate of drug-likeness (QED) is 0.683. The molecule has 0 spiro atoms. The van der Waals surface area contributed by atoms with Crippen molar-refractivity contribution in [1.29, 1.82) is 0 Å². The number of carbonyl (C=O) groups excluding carboxylic acids is 1. The maximum Gasteiger partial charge on any atom is 0.239 e. The molecule has 5 nitrogen and oxygen atoms in total. The first-order chi connectivity index (χ1) is 9.02. The minimum atomic E-state index is 0.0104. The summed E-state index contributed by atoms with van der Waals surface area (Å²) in [5, 5.41) is 5.98. The first-order valence-electron chi connectivity index (χ1n) is 6.63. The Morgan fingerprint density at radius 3 is 2.79 bits per heavy atom. The van der Waals surface area contributed by atoms with Crippen LogP contribution in [0.5, 0.6) is 5.75 Å². The van der Waals surface area contributed by atoms with Gasteiger partial charge in [-0.25, -0.2) is 0 Å². The number of amides is 1. The van der Waals surface area contributed by atoms with Gasteiger partial charge >= 0.3 is 0 Å². The molecule has 0 aromatic heterocycles. The Bertz CT molecular complexity index is 456. The number of hydrogen-bond donors (Lipinski definition) is 3. The van der Waals surface area contributed by atoms with E-state index in [1.807, 2.05) is 19.9 Å². The van der Waals surface area contributed by atoms with E-state index in [4.69, 9.17) is 10.5 Å². The van der Waals surface area contributed by atoms with Crippen LogP contribution in [0.2, 0.25) is 0 Å². The third kappa shape index (κ3) is 4.69. The van der Waals surface area contributed by atoms with E-state index in [-0.39, 0.29) is 18.6 Å². The SMILES string of the molecule is CC(C)Oc1cc(N)cc(NCC(=O)NC2CC2)c1. The summed E-state index contributed by atoms with van der Waals surface area (Å²) in [5.74, 6) is 0.719. The number of nitrogens with one attached hydrogen (secondary N) is 2. The standard InChI is InChI=1S/C14H21N3O2/c1-9(2)19-13-6-10(15)5-12(7-13)16-8-14(18)17-11-3-4-11/h5-7,9,11,16H,3-4,8,15H2,1-2H3,(H,17,18). The molecular weight excluding hydrogens is 242 g/mol. The fourth-order valence-corrected chi connectivity index (χ4v) is 1.75. The largest absolute Gasteiger partial charge is 0.491 e. The van der Waals surface area contributed by atoms with Gasteiger partial charge in [0.2, 0.25) is 5.91 Å². The predicted octanol–water partition coefficient (Wildman–Crippen LogP) is 1.75. The van der Waals surface area contributed by atoms with Crippen molar-refractivity contribution >= 4 is 17.3 Å². The highest BCUT2D eigenvalue weighted by molar-refractivity contribution is 5.81. The van der Waals surface area contributed by atoms with Crippen molar-refractivity contribution in [3.8, 4) is 5.75 Å². The Balaban J connectivity index is 1.90. The van der Waals surface area contributed by atoms with Gasteiger partial charge in [-0.2, -0.15) is 0 Å². The zero-order valence-corrected chi connectivity index (χ0v) is 11.4. The molecule has 0 heterocycles. The van der Waals surface area contributed by atoms with Gasteiger partial charge in [-0.15, -0.1) is 0 Å². The second-order valence-electron chi connectivity index (χ2n) is 5.15. The molecule has 1 fully saturated rings. The zero-order chi connectivity index (χ0) is 13.8. The second kappa shape index (κ2) is 5.82. The predicted molar refractivity (Wildman–Crippen MR) is 76.3 cm³/mol. The number of anilines is 2. The first kappa shape index (κ1) is 13.5. The number of nitrogens with two attached hydrogens (primary N) is 1. The minimum absolute atomic E-state index is 0.0104. The fourth-order valence-electron chi connectivity index (χ4n) is 1.75. The van der Waals surface area contributed by atoms with Crippen molar-refractivity contribution in [2.24, 2.45) is 0 Å². The van der Waals surface area contributed by atoms with E-state index < -0.39 is 0 Å². The molecule has 4 N–H and O–H groups in total. The van der Waals surface area contributed by atoms with E-state index in [1.165, 1.54) is 0 Å². The third-order valence-corrected chi connectivity index (χ3v) is 2.70. The Kier molecular flexibility index (Phi) is 4.14. The summed E-state index contributed by atoms with van der Waals surface area (Å²) < 4.78 is 5.60. The fraction of sp³-hybridized carbons (Fsp3) is 0.500. The number of benzene rings is 1. The number of ether oxygens (including phenoxy) is 1. The summed E-state index contributed by atoms with van der Waals surface area (Å²) in [5.41, 5.74) is 7.22. The molecule has 1 saturated carbocycles. The lowest BCUT2D eigenvalue weighted by Crippen LogP contribution is -2.31. The summed E-state index contributed by atoms with van der Waals surface area (Å²) in [7, 11) is 0. The van der Waals surface area contributed by atoms with E-state index >= 15 is 0 Å². The van der Waals surface area contributed by atoms with Crippen LogP contribution in [-0.2, 0) is 4.79 Å². The summed E-state index contributed by atoms with van der Waals surface area (Å²) in [6, 6.07) is 5.79. The Hall–Kier alpha value is -1.91. The lowest BCUT2D eigenvalue weighted by molar-refractivity contribution is -0.119. The smallest absolute Gasteiger partial charge is 0.239 e. The molecule has 0 bridgehead atoms. The summed E-state index contributed by atoms with van der Waals surface area (Å²) in [4.78, 5) is 11.6. The molecule has 2 rings (SSSR count). The zero-order valence-electron chi connectivity index (χ0n) is 11.4. The van der Waals surface area contributed by atoms with Gasteiger partial charge in [-0.3, -0.25) is 4.79 Å². The molecule has 1 aliphatic carbocycles. The number of hydrogen-bond acceptors (Lipinski definition) is 4. The van der Waals surface area contributed by atoms with Crippen LogP contribution in [0.25, 0.3) is 0 Å². The van der Waals surface area contributed by atoms with Crippen molar-refractivity contribution in [2.45, 2.75) is 38.8 Å². The number of carbonyl (C=O) groups is 1. The van der Waals surface area contributed by atoms with E-state index in [9.17, 15) is 4.79 Å². The van der Waals surface area contributed by atoms with Gasteiger partial charge in [0, 0.05) is 29.5 Å². The van der Waals surface area contributed by atoms with Gasteiger partial charge < -0.3 is 21.1 Å². The van der Waals surface area contributed by atoms with Crippen molar-refractivity contribution < 1.29 is 9.53 Å². The highest BCUT2D eigenvalue weighted by atomic mass is 16.5. The van der Waals surface area contributed by atoms with Crippen LogP contribution < -0.4 is 21.1 Å². The van der Waals surface area contributed by atoms with Gasteiger partial charge in [0.1, 0.15) is 5.75 Å². The lowest BCUT2D eigenvalue weighted by atomic mass is 10.2. The highest BCUT2D eigenvalue weighted by Gasteiger charge is 2.22. The molecule has 1 aromatic rings. The highest BCUT2D eigenvalue weighted by Crippen LogP contribution is 2.23. The van der Waals surface area contributed by atoms with Gasteiger partial charge in [0.25, 0.3) is 0 Å². The van der Waals surface area contributed by atoms with Crippen molar-refractivity contribution in [1.82, 2.24) is 5.32 Å². The number of rotatable bonds is 6. The normalized spacial score (nSPS) is 14.3. The molecule has 1 aromatic carbocycles. The van der Waals surface area contributed by atoms with E-state index in [2.05, 4.69) is 10.6 Å². The molecule has 0 atom stereocenters. The molecule has 5 heteroatoms. The van der Waals surface area contributed by atoms with E-state index in [0.717, 1.165) is 18.5 Å². The molecule has 1 aliphatic rings. The molecule has 0 saturated heterocycles. The third-order valence-electron chi connectivity index (χ3n) is 2.70. The Labute approximate surface area is 113 Å². The van der Waals surface area contributed by atoms with Crippen LogP contribution >= 0.6 is 0 Å². The van der Waals surface area contributed by atoms with E-state index in [1.54, 1.807) is 12.1 Å². The second-order valence-corrected chi connectivity index (χ2v) is 5.15. The van der Waals surface area contributed by atoms with Gasteiger partial charge in [0.05, 0.1) is 12.6 Å². The van der Waals surface area contributed by atoms with E-state index in [0.29, 0.717) is 17.5 Å². The summed E-state index contributed by atoms with van der Waals surface area (Å²) in [6.07, 6.45) is 2.28. The molecule has 19 heavy (non-hydrogen) atoms. The molecule has 1 amide bonds. The molecular formula is C14H21N3O2. The average molecular weight is 263 g/mol. The summed E-state index contributed by atoms with van der Waals surface area (Å²) in [6.45, 7) is 4.17. The van der Waals surface area contributed by atoms with Crippen molar-refractivity contribution in [2.75, 3.05) is 17.6 Å². The maximum atomic E-state index is 11.6. The number of nitrogen functional groups attached to an aromatic ring is 1. The van der Waals surface area contributed by atoms with Crippen LogP contribution in [0.3, 0.4) is 0 Å². The lowest BCUT2D eigenvalue weighted by Gasteiger charge is -2.13. The van der Waals surface area contributed by atoms with Crippen LogP contribution in [0.4, 0.5) is 11.4 Å². The van der Waals surface area contributed by atoms with Crippen LogP contribution in [-0.4, -0.2) is 24.6 Å². The topological polar surface area (TPSA) is 76.4 Å². The van der Waals surface area contributed by atoms with Crippen LogP contribution in [0.1, 0.15) is 26.7 Å². The van der Waals surface area contributed by atoms with Crippen molar-refractivity contribution in [3.05, 3.63) is 18.2 Å². The Morgan fingerprint density at radius 2 is 2.16 bits per heavy atom. The van der Waals surface area contributed by atoms with Gasteiger partial charge in [0.15, 0.2) is 0 Å². The molecule has 104 valence electrons. The van der Waals surface area contributed by atoms with Gasteiger partial charge in [-0.1, -0.05) is 0 Å². The first-order valence-corrected chi connectivity index (χ1v) is 6.63. The van der Waals surface area contributed by atoms with Crippen molar-refractivity contribution in [3.63, 3.8) is 0 Å². The average Bonchev–Trinajstić information content (AvgIpc) is 3.08. The maximum absolute atomic E-state index is 11.6. The van der Waals surface area contributed by atoms with Crippen LogP contribution in [0, 0.1) is 0 Å². The van der Waals surface area contributed by atoms with Crippen LogP contribution in [0.15, 0.2) is 18.2 Å². The molecule has 0 radical (unpaired) electrons. The monoisotopic (exact) mass is 263 g/mol. The van der Waals surface area contributed by atoms with Gasteiger partial charge in [-0.05, 0) is 32.8 Å². The molecule has 0 aliphatic heterocycles. The Morgan fingerprint density at radius 1 is 1.42 bits per heavy atom.